The van der Waals surface area contributed by atoms with Gasteiger partial charge in [-0.15, -0.1) is 0 Å². The highest BCUT2D eigenvalue weighted by atomic mass is 16.7. The van der Waals surface area contributed by atoms with Gasteiger partial charge in [-0.2, -0.15) is 0 Å². The fraction of sp³-hybridized carbons (Fsp3) is 0.520. The summed E-state index contributed by atoms with van der Waals surface area (Å²) in [6, 6.07) is 7.82. The van der Waals surface area contributed by atoms with Crippen LogP contribution in [0.2, 0.25) is 0 Å². The first-order chi connectivity index (χ1) is 15.1. The highest BCUT2D eigenvalue weighted by Crippen LogP contribution is 2.37. The van der Waals surface area contributed by atoms with Crippen LogP contribution in [0.5, 0.6) is 0 Å². The number of nitrogens with zero attached hydrogens (tertiary/aromatic N) is 2. The van der Waals surface area contributed by atoms with Crippen molar-refractivity contribution in [1.29, 1.82) is 0 Å². The number of aliphatic hydroxyl groups is 1. The number of benzene rings is 2. The maximum atomic E-state index is 13.6. The fourth-order valence-electron chi connectivity index (χ4n) is 4.98. The van der Waals surface area contributed by atoms with Crippen molar-refractivity contribution in [2.75, 3.05) is 0 Å². The third-order valence-corrected chi connectivity index (χ3v) is 7.63. The summed E-state index contributed by atoms with van der Waals surface area (Å²) in [6.07, 6.45) is 4.58. The summed E-state index contributed by atoms with van der Waals surface area (Å²) in [5, 5.41) is 13.0. The summed E-state index contributed by atoms with van der Waals surface area (Å²) in [5.41, 5.74) is 1.55. The third kappa shape index (κ3) is 3.29. The van der Waals surface area contributed by atoms with Crippen molar-refractivity contribution in [3.05, 3.63) is 46.5 Å². The third-order valence-electron chi connectivity index (χ3n) is 7.63. The first kappa shape index (κ1) is 21.6. The highest BCUT2D eigenvalue weighted by Gasteiger charge is 2.52. The summed E-state index contributed by atoms with van der Waals surface area (Å²) < 4.78 is 14.3. The zero-order valence-corrected chi connectivity index (χ0v) is 19.5. The van der Waals surface area contributed by atoms with Gasteiger partial charge in [0.05, 0.1) is 40.6 Å². The van der Waals surface area contributed by atoms with Crippen molar-refractivity contribution in [3.8, 4) is 0 Å². The molecule has 0 radical (unpaired) electrons. The van der Waals surface area contributed by atoms with Gasteiger partial charge in [0.1, 0.15) is 0 Å². The van der Waals surface area contributed by atoms with E-state index in [1.807, 2.05) is 52.8 Å². The zero-order chi connectivity index (χ0) is 22.8. The van der Waals surface area contributed by atoms with E-state index in [0.717, 1.165) is 41.1 Å². The molecule has 7 heteroatoms. The average Bonchev–Trinajstić information content (AvgIpc) is 2.95. The number of hydrogen-bond acceptors (Lipinski definition) is 5. The number of fused-ring (bicyclic) bond motifs is 3. The molecule has 1 saturated heterocycles. The number of hydrogen-bond donors (Lipinski definition) is 1. The molecule has 1 N–H and O–H groups in total. The standard InChI is InChI=1S/C25H31BN2O4/c1-15-10-11-16-17(12-15)19(26-31-24(2,3)25(4,5)32-26)13-18-22(16)27-14-28(23(18)30)20-8-6-7-9-21(20)29/h10-14,20-21,29H,6-9H2,1-5H3. The second kappa shape index (κ2) is 7.40. The van der Waals surface area contributed by atoms with Crippen LogP contribution >= 0.6 is 0 Å². The molecule has 0 bridgehead atoms. The topological polar surface area (TPSA) is 73.6 Å². The molecule has 2 aliphatic rings. The maximum absolute atomic E-state index is 13.6. The van der Waals surface area contributed by atoms with E-state index in [-0.39, 0.29) is 11.6 Å². The molecule has 2 atom stereocenters. The molecule has 0 amide bonds. The van der Waals surface area contributed by atoms with Crippen LogP contribution < -0.4 is 11.0 Å². The van der Waals surface area contributed by atoms with Crippen LogP contribution in [0.3, 0.4) is 0 Å². The minimum atomic E-state index is -0.581. The Morgan fingerprint density at radius 3 is 2.41 bits per heavy atom. The van der Waals surface area contributed by atoms with Crippen LogP contribution in [0.1, 0.15) is 65.0 Å². The number of aliphatic hydroxyl groups excluding tert-OH is 1. The number of rotatable bonds is 2. The predicted molar refractivity (Wildman–Crippen MR) is 127 cm³/mol. The van der Waals surface area contributed by atoms with Crippen molar-refractivity contribution in [1.82, 2.24) is 9.55 Å². The van der Waals surface area contributed by atoms with Crippen LogP contribution in [0, 0.1) is 6.92 Å². The van der Waals surface area contributed by atoms with E-state index < -0.39 is 24.4 Å². The summed E-state index contributed by atoms with van der Waals surface area (Å²) >= 11 is 0. The minimum Gasteiger partial charge on any atom is -0.399 e. The first-order valence-corrected chi connectivity index (χ1v) is 11.6. The van der Waals surface area contributed by atoms with E-state index in [0.29, 0.717) is 17.3 Å². The lowest BCUT2D eigenvalue weighted by molar-refractivity contribution is 0.00578. The molecular weight excluding hydrogens is 403 g/mol. The largest absolute Gasteiger partial charge is 0.495 e. The van der Waals surface area contributed by atoms with Crippen molar-refractivity contribution < 1.29 is 14.4 Å². The molecule has 6 nitrogen and oxygen atoms in total. The molecule has 5 rings (SSSR count). The van der Waals surface area contributed by atoms with Gasteiger partial charge in [0, 0.05) is 5.39 Å². The SMILES string of the molecule is Cc1ccc2c(c1)c(B1OC(C)(C)C(C)(C)O1)cc1c(=O)n(C3CCCCC3O)cnc12. The normalized spacial score (nSPS) is 25.0. The lowest BCUT2D eigenvalue weighted by atomic mass is 9.75. The molecule has 0 spiro atoms. The van der Waals surface area contributed by atoms with Crippen LogP contribution in [0.4, 0.5) is 0 Å². The Morgan fingerprint density at radius 1 is 1.03 bits per heavy atom. The summed E-state index contributed by atoms with van der Waals surface area (Å²) in [7, 11) is -0.581. The first-order valence-electron chi connectivity index (χ1n) is 11.6. The van der Waals surface area contributed by atoms with Gasteiger partial charge in [-0.1, -0.05) is 36.6 Å². The Balaban J connectivity index is 1.75. The average molecular weight is 434 g/mol. The van der Waals surface area contributed by atoms with Crippen LogP contribution in [0.25, 0.3) is 21.7 Å². The van der Waals surface area contributed by atoms with Gasteiger partial charge in [-0.25, -0.2) is 4.98 Å². The van der Waals surface area contributed by atoms with E-state index >= 15 is 0 Å². The smallest absolute Gasteiger partial charge is 0.399 e. The fourth-order valence-corrected chi connectivity index (χ4v) is 4.98. The molecule has 1 saturated carbocycles. The van der Waals surface area contributed by atoms with Crippen molar-refractivity contribution >= 4 is 34.3 Å². The molecule has 1 aromatic heterocycles. The Bertz CT molecular complexity index is 1250. The Kier molecular flexibility index (Phi) is 5.00. The van der Waals surface area contributed by atoms with E-state index in [1.165, 1.54) is 0 Å². The summed E-state index contributed by atoms with van der Waals surface area (Å²) in [4.78, 5) is 18.3. The van der Waals surface area contributed by atoms with Gasteiger partial charge in [0.2, 0.25) is 0 Å². The lowest BCUT2D eigenvalue weighted by Crippen LogP contribution is -2.41. The summed E-state index contributed by atoms with van der Waals surface area (Å²) in [6.45, 7) is 10.2. The molecule has 2 aromatic carbocycles. The Labute approximate surface area is 188 Å². The number of aromatic nitrogens is 2. The molecule has 1 aliphatic carbocycles. The predicted octanol–water partition coefficient (Wildman–Crippen LogP) is 3.63. The molecule has 2 fully saturated rings. The maximum Gasteiger partial charge on any atom is 0.495 e. The van der Waals surface area contributed by atoms with Crippen LogP contribution in [-0.4, -0.2) is 39.1 Å². The van der Waals surface area contributed by atoms with Crippen molar-refractivity contribution in [3.63, 3.8) is 0 Å². The van der Waals surface area contributed by atoms with Crippen LogP contribution in [0.15, 0.2) is 35.4 Å². The molecule has 168 valence electrons. The second-order valence-corrected chi connectivity index (χ2v) is 10.4. The molecule has 2 heterocycles. The van der Waals surface area contributed by atoms with Crippen molar-refractivity contribution in [2.24, 2.45) is 0 Å². The number of aryl methyl sites for hydroxylation is 1. The summed E-state index contributed by atoms with van der Waals surface area (Å²) in [5.74, 6) is 0. The monoisotopic (exact) mass is 434 g/mol. The Hall–Kier alpha value is -2.22. The quantitative estimate of drug-likeness (QED) is 0.493. The van der Waals surface area contributed by atoms with Gasteiger partial charge >= 0.3 is 7.12 Å². The van der Waals surface area contributed by atoms with Crippen LogP contribution in [-0.2, 0) is 9.31 Å². The van der Waals surface area contributed by atoms with Gasteiger partial charge in [0.15, 0.2) is 0 Å². The molecule has 32 heavy (non-hydrogen) atoms. The molecular formula is C25H31BN2O4. The van der Waals surface area contributed by atoms with Gasteiger partial charge in [-0.3, -0.25) is 9.36 Å². The van der Waals surface area contributed by atoms with E-state index in [1.54, 1.807) is 10.9 Å². The van der Waals surface area contributed by atoms with E-state index in [9.17, 15) is 9.90 Å². The Morgan fingerprint density at radius 2 is 1.72 bits per heavy atom. The van der Waals surface area contributed by atoms with Gasteiger partial charge < -0.3 is 14.4 Å². The molecule has 3 aromatic rings. The lowest BCUT2D eigenvalue weighted by Gasteiger charge is -2.32. The zero-order valence-electron chi connectivity index (χ0n) is 19.5. The van der Waals surface area contributed by atoms with Crippen molar-refractivity contribution in [2.45, 2.75) is 83.6 Å². The minimum absolute atomic E-state index is 0.124. The molecule has 1 aliphatic heterocycles. The van der Waals surface area contributed by atoms with E-state index in [2.05, 4.69) is 6.07 Å². The van der Waals surface area contributed by atoms with E-state index in [4.69, 9.17) is 14.3 Å². The van der Waals surface area contributed by atoms with Gasteiger partial charge in [0.25, 0.3) is 5.56 Å². The van der Waals surface area contributed by atoms with Gasteiger partial charge in [-0.05, 0) is 64.4 Å². The highest BCUT2D eigenvalue weighted by molar-refractivity contribution is 6.65. The molecule has 2 unspecified atom stereocenters. The second-order valence-electron chi connectivity index (χ2n) is 10.4.